The minimum Gasteiger partial charge on any atom is -0.491 e. The molecule has 8 heteroatoms. The lowest BCUT2D eigenvalue weighted by Gasteiger charge is -2.06. The van der Waals surface area contributed by atoms with Crippen LogP contribution in [0.4, 0.5) is 0 Å². The first-order valence-corrected chi connectivity index (χ1v) is 8.46. The van der Waals surface area contributed by atoms with Crippen LogP contribution in [0.5, 0.6) is 5.75 Å². The molecule has 3 rings (SSSR count). The van der Waals surface area contributed by atoms with Gasteiger partial charge in [0.2, 0.25) is 0 Å². The second kappa shape index (κ2) is 7.91. The van der Waals surface area contributed by atoms with Crippen LogP contribution in [0, 0.1) is 0 Å². The Balaban J connectivity index is 1.70. The number of methoxy groups -OCH3 is 1. The van der Waals surface area contributed by atoms with E-state index in [0.717, 1.165) is 22.0 Å². The Morgan fingerprint density at radius 2 is 2.24 bits per heavy atom. The molecule has 0 bridgehead atoms. The van der Waals surface area contributed by atoms with E-state index in [2.05, 4.69) is 10.1 Å². The van der Waals surface area contributed by atoms with Gasteiger partial charge in [0.1, 0.15) is 17.4 Å². The Bertz CT molecular complexity index is 859. The molecule has 0 fully saturated rings. The highest BCUT2D eigenvalue weighted by Crippen LogP contribution is 2.25. The van der Waals surface area contributed by atoms with Gasteiger partial charge in [-0.2, -0.15) is 5.10 Å². The fraction of sp³-hybridized carbons (Fsp3) is 0.235. The highest BCUT2D eigenvalue weighted by molar-refractivity contribution is 7.09. The maximum Gasteiger partial charge on any atom is 0.338 e. The van der Waals surface area contributed by atoms with Crippen molar-refractivity contribution in [3.8, 4) is 17.0 Å². The first-order chi connectivity index (χ1) is 12.2. The number of hydrogen-bond acceptors (Lipinski definition) is 6. The fourth-order valence-electron chi connectivity index (χ4n) is 2.20. The van der Waals surface area contributed by atoms with Crippen LogP contribution >= 0.6 is 11.3 Å². The van der Waals surface area contributed by atoms with Crippen LogP contribution in [-0.4, -0.2) is 46.2 Å². The van der Waals surface area contributed by atoms with Crippen LogP contribution < -0.4 is 4.74 Å². The molecular formula is C17H17N3O4S. The van der Waals surface area contributed by atoms with Gasteiger partial charge in [-0.1, -0.05) is 12.1 Å². The molecule has 2 aromatic heterocycles. The van der Waals surface area contributed by atoms with Crippen molar-refractivity contribution in [2.24, 2.45) is 0 Å². The number of hydrogen-bond donors (Lipinski definition) is 1. The number of carboxylic acids is 1. The summed E-state index contributed by atoms with van der Waals surface area (Å²) in [7, 11) is 1.63. The molecule has 1 N–H and O–H groups in total. The number of benzene rings is 1. The molecule has 0 radical (unpaired) electrons. The van der Waals surface area contributed by atoms with E-state index >= 15 is 0 Å². The van der Waals surface area contributed by atoms with Crippen molar-refractivity contribution < 1.29 is 19.4 Å². The molecule has 3 aromatic rings. The van der Waals surface area contributed by atoms with Crippen molar-refractivity contribution in [2.75, 3.05) is 20.3 Å². The number of aromatic carboxylic acids is 1. The average molecular weight is 359 g/mol. The predicted octanol–water partition coefficient (Wildman–Crippen LogP) is 2.78. The maximum absolute atomic E-state index is 10.9. The second-order valence-electron chi connectivity index (χ2n) is 5.23. The van der Waals surface area contributed by atoms with E-state index in [1.165, 1.54) is 23.7 Å². The summed E-state index contributed by atoms with van der Waals surface area (Å²) in [6.45, 7) is 1.46. The Morgan fingerprint density at radius 3 is 3.00 bits per heavy atom. The van der Waals surface area contributed by atoms with Gasteiger partial charge in [0, 0.05) is 24.3 Å². The molecule has 130 valence electrons. The molecular weight excluding hydrogens is 342 g/mol. The van der Waals surface area contributed by atoms with Crippen LogP contribution in [0.3, 0.4) is 0 Å². The third-order valence-electron chi connectivity index (χ3n) is 3.42. The van der Waals surface area contributed by atoms with E-state index in [-0.39, 0.29) is 5.56 Å². The summed E-state index contributed by atoms with van der Waals surface area (Å²) in [4.78, 5) is 15.5. The lowest BCUT2D eigenvalue weighted by atomic mass is 10.2. The normalized spacial score (nSPS) is 10.8. The molecule has 0 aliphatic heterocycles. The topological polar surface area (TPSA) is 86.5 Å². The summed E-state index contributed by atoms with van der Waals surface area (Å²) in [5.74, 6) is -0.223. The van der Waals surface area contributed by atoms with Gasteiger partial charge < -0.3 is 14.6 Å². The van der Waals surface area contributed by atoms with Gasteiger partial charge in [0.15, 0.2) is 0 Å². The summed E-state index contributed by atoms with van der Waals surface area (Å²) < 4.78 is 12.2. The summed E-state index contributed by atoms with van der Waals surface area (Å²) in [6.07, 6.45) is 2.82. The van der Waals surface area contributed by atoms with Gasteiger partial charge in [0.25, 0.3) is 0 Å². The number of rotatable bonds is 8. The Hall–Kier alpha value is -2.71. The summed E-state index contributed by atoms with van der Waals surface area (Å²) in [5.41, 5.74) is 1.98. The van der Waals surface area contributed by atoms with Gasteiger partial charge in [-0.05, 0) is 12.1 Å². The van der Waals surface area contributed by atoms with Crippen molar-refractivity contribution in [1.29, 1.82) is 0 Å². The number of carboxylic acid groups (broad SMARTS) is 1. The molecule has 0 saturated carbocycles. The van der Waals surface area contributed by atoms with Crippen LogP contribution in [-0.2, 0) is 11.3 Å². The van der Waals surface area contributed by atoms with E-state index < -0.39 is 5.97 Å². The monoisotopic (exact) mass is 359 g/mol. The van der Waals surface area contributed by atoms with E-state index in [9.17, 15) is 4.79 Å². The van der Waals surface area contributed by atoms with Crippen molar-refractivity contribution in [3.05, 3.63) is 52.6 Å². The maximum atomic E-state index is 10.9. The molecule has 1 aromatic carbocycles. The number of carbonyl (C=O) groups is 1. The quantitative estimate of drug-likeness (QED) is 0.623. The van der Waals surface area contributed by atoms with Gasteiger partial charge in [-0.25, -0.2) is 9.78 Å². The fourth-order valence-corrected chi connectivity index (χ4v) is 3.00. The molecule has 0 atom stereocenters. The summed E-state index contributed by atoms with van der Waals surface area (Å²) in [5, 5.41) is 15.8. The number of nitrogens with zero attached hydrogens (tertiary/aromatic N) is 3. The minimum atomic E-state index is -0.989. The van der Waals surface area contributed by atoms with E-state index in [1.807, 2.05) is 29.6 Å². The lowest BCUT2D eigenvalue weighted by molar-refractivity contribution is 0.0697. The van der Waals surface area contributed by atoms with Crippen LogP contribution in [0.2, 0.25) is 0 Å². The Labute approximate surface area is 148 Å². The number of thiazole rings is 1. The second-order valence-corrected chi connectivity index (χ2v) is 6.17. The lowest BCUT2D eigenvalue weighted by Crippen LogP contribution is -2.04. The molecule has 25 heavy (non-hydrogen) atoms. The molecule has 0 aliphatic carbocycles. The van der Waals surface area contributed by atoms with E-state index in [1.54, 1.807) is 11.8 Å². The summed E-state index contributed by atoms with van der Waals surface area (Å²) >= 11 is 1.50. The molecule has 2 heterocycles. The van der Waals surface area contributed by atoms with Crippen molar-refractivity contribution in [2.45, 2.75) is 6.54 Å². The highest BCUT2D eigenvalue weighted by Gasteiger charge is 2.09. The first kappa shape index (κ1) is 17.1. The highest BCUT2D eigenvalue weighted by atomic mass is 32.1. The SMILES string of the molecule is COCCOc1cccc(-c2csc(Cn3cc(C(=O)O)cn3)n2)c1. The molecule has 7 nitrogen and oxygen atoms in total. The van der Waals surface area contributed by atoms with Gasteiger partial charge in [-0.15, -0.1) is 11.3 Å². The summed E-state index contributed by atoms with van der Waals surface area (Å²) in [6, 6.07) is 7.72. The zero-order valence-corrected chi connectivity index (χ0v) is 14.4. The molecule has 0 amide bonds. The zero-order valence-electron chi connectivity index (χ0n) is 13.6. The number of aromatic nitrogens is 3. The van der Waals surface area contributed by atoms with Crippen molar-refractivity contribution in [1.82, 2.24) is 14.8 Å². The largest absolute Gasteiger partial charge is 0.491 e. The van der Waals surface area contributed by atoms with Crippen LogP contribution in [0.15, 0.2) is 42.0 Å². The van der Waals surface area contributed by atoms with Gasteiger partial charge in [-0.3, -0.25) is 4.68 Å². The number of ether oxygens (including phenoxy) is 2. The predicted molar refractivity (Wildman–Crippen MR) is 93.2 cm³/mol. The third-order valence-corrected chi connectivity index (χ3v) is 4.25. The molecule has 0 unspecified atom stereocenters. The van der Waals surface area contributed by atoms with E-state index in [0.29, 0.717) is 19.8 Å². The average Bonchev–Trinajstić information content (AvgIpc) is 3.26. The van der Waals surface area contributed by atoms with Crippen LogP contribution in [0.1, 0.15) is 15.4 Å². The van der Waals surface area contributed by atoms with Crippen LogP contribution in [0.25, 0.3) is 11.3 Å². The van der Waals surface area contributed by atoms with E-state index in [4.69, 9.17) is 14.6 Å². The standard InChI is InChI=1S/C17H17N3O4S/c1-23-5-6-24-14-4-2-3-12(7-14)15-11-25-16(19-15)10-20-9-13(8-18-20)17(21)22/h2-4,7-9,11H,5-6,10H2,1H3,(H,21,22). The molecule has 0 spiro atoms. The Morgan fingerprint density at radius 1 is 1.36 bits per heavy atom. The Kier molecular flexibility index (Phi) is 5.42. The van der Waals surface area contributed by atoms with Crippen molar-refractivity contribution >= 4 is 17.3 Å². The molecule has 0 aliphatic rings. The smallest absolute Gasteiger partial charge is 0.338 e. The molecule has 0 saturated heterocycles. The zero-order chi connectivity index (χ0) is 17.6. The van der Waals surface area contributed by atoms with Gasteiger partial charge in [0.05, 0.1) is 30.6 Å². The third kappa shape index (κ3) is 4.43. The minimum absolute atomic E-state index is 0.165. The van der Waals surface area contributed by atoms with Gasteiger partial charge >= 0.3 is 5.97 Å². The first-order valence-electron chi connectivity index (χ1n) is 7.58. The van der Waals surface area contributed by atoms with Crippen molar-refractivity contribution in [3.63, 3.8) is 0 Å².